The molecule has 0 saturated carbocycles. The summed E-state index contributed by atoms with van der Waals surface area (Å²) >= 11 is 6.70. The lowest BCUT2D eigenvalue weighted by atomic mass is 9.89. The number of benzene rings is 3. The van der Waals surface area contributed by atoms with E-state index in [2.05, 4.69) is 39.0 Å². The summed E-state index contributed by atoms with van der Waals surface area (Å²) in [6, 6.07) is 14.3. The van der Waals surface area contributed by atoms with Crippen molar-refractivity contribution < 1.29 is 28.5 Å². The molecule has 0 amide bonds. The average molecular weight is 563 g/mol. The molecule has 6 nitrogen and oxygen atoms in total. The number of methoxy groups -OCH3 is 1. The van der Waals surface area contributed by atoms with Crippen molar-refractivity contribution in [2.45, 2.75) is 52.1 Å². The lowest BCUT2D eigenvalue weighted by Gasteiger charge is -2.37. The smallest absolute Gasteiger partial charge is 0.306 e. The van der Waals surface area contributed by atoms with Crippen LogP contribution in [0.25, 0.3) is 11.1 Å². The van der Waals surface area contributed by atoms with Crippen molar-refractivity contribution in [2.24, 2.45) is 5.41 Å². The standard InChI is InChI=1S/C33H35ClO6/c1-19-9-24(39-18-33(3)16-37-17-33)10-20(2)32(19)28-13-22(34)12-27-26(28)7-8-29(27)40-23-5-6-25-21(11-31(35)36-4)15-38-30(25)14-23/h5-6,9-10,12-14,21,29H,7-8,11,15-18H2,1-4H3/t21-,29-/m1/s1. The number of aryl methyl sites for hydroxylation is 2. The summed E-state index contributed by atoms with van der Waals surface area (Å²) in [6.45, 7) is 9.07. The van der Waals surface area contributed by atoms with Crippen LogP contribution < -0.4 is 14.2 Å². The fraction of sp³-hybridized carbons (Fsp3) is 0.424. The summed E-state index contributed by atoms with van der Waals surface area (Å²) in [5.41, 5.74) is 8.22. The van der Waals surface area contributed by atoms with Gasteiger partial charge < -0.3 is 23.7 Å². The van der Waals surface area contributed by atoms with Gasteiger partial charge in [-0.3, -0.25) is 4.79 Å². The second-order valence-corrected chi connectivity index (χ2v) is 12.1. The number of hydrogen-bond acceptors (Lipinski definition) is 6. The van der Waals surface area contributed by atoms with Crippen LogP contribution in [0.1, 0.15) is 59.6 Å². The molecule has 2 heterocycles. The molecule has 1 saturated heterocycles. The first-order chi connectivity index (χ1) is 19.2. The van der Waals surface area contributed by atoms with Gasteiger partial charge in [-0.15, -0.1) is 0 Å². The van der Waals surface area contributed by atoms with E-state index < -0.39 is 0 Å². The highest BCUT2D eigenvalue weighted by molar-refractivity contribution is 6.31. The molecule has 0 radical (unpaired) electrons. The third-order valence-electron chi connectivity index (χ3n) is 8.30. The highest BCUT2D eigenvalue weighted by Gasteiger charge is 2.34. The van der Waals surface area contributed by atoms with Gasteiger partial charge in [-0.25, -0.2) is 0 Å². The van der Waals surface area contributed by atoms with Crippen LogP contribution in [0.4, 0.5) is 0 Å². The molecular weight excluding hydrogens is 528 g/mol. The Balaban J connectivity index is 1.23. The Bertz CT molecular complexity index is 1440. The Labute approximate surface area is 240 Å². The summed E-state index contributed by atoms with van der Waals surface area (Å²) in [4.78, 5) is 11.8. The largest absolute Gasteiger partial charge is 0.493 e. The van der Waals surface area contributed by atoms with E-state index in [0.29, 0.717) is 24.7 Å². The third-order valence-corrected chi connectivity index (χ3v) is 8.52. The molecule has 3 aliphatic rings. The van der Waals surface area contributed by atoms with Crippen molar-refractivity contribution >= 4 is 17.6 Å². The molecule has 3 aromatic rings. The molecule has 0 N–H and O–H groups in total. The average Bonchev–Trinajstić information content (AvgIpc) is 3.49. The molecular formula is C33H35ClO6. The molecule has 0 aromatic heterocycles. The maximum Gasteiger partial charge on any atom is 0.306 e. The molecule has 0 unspecified atom stereocenters. The van der Waals surface area contributed by atoms with Crippen molar-refractivity contribution in [3.05, 3.63) is 75.3 Å². The van der Waals surface area contributed by atoms with Gasteiger partial charge in [-0.2, -0.15) is 0 Å². The maximum atomic E-state index is 11.8. The molecule has 0 bridgehead atoms. The van der Waals surface area contributed by atoms with Gasteiger partial charge in [-0.05, 0) is 90.4 Å². The SMILES string of the molecule is COC(=O)C[C@@H]1COc2cc(O[C@@H]3CCc4c(-c5c(C)cc(OCC6(C)COC6)cc5C)cc(Cl)cc43)ccc21. The van der Waals surface area contributed by atoms with E-state index in [1.54, 1.807) is 0 Å². The third kappa shape index (κ3) is 5.15. The topological polar surface area (TPSA) is 63.2 Å². The molecule has 6 rings (SSSR count). The van der Waals surface area contributed by atoms with Gasteiger partial charge in [0.2, 0.25) is 0 Å². The first-order valence-electron chi connectivity index (χ1n) is 13.9. The van der Waals surface area contributed by atoms with Gasteiger partial charge in [0.15, 0.2) is 0 Å². The Morgan fingerprint density at radius 2 is 1.82 bits per heavy atom. The summed E-state index contributed by atoms with van der Waals surface area (Å²) in [7, 11) is 1.41. The van der Waals surface area contributed by atoms with Crippen molar-refractivity contribution in [2.75, 3.05) is 33.5 Å². The number of fused-ring (bicyclic) bond motifs is 2. The van der Waals surface area contributed by atoms with Crippen LogP contribution in [0.15, 0.2) is 42.5 Å². The molecule has 2 aliphatic heterocycles. The van der Waals surface area contributed by atoms with Crippen LogP contribution >= 0.6 is 11.6 Å². The Morgan fingerprint density at radius 3 is 2.52 bits per heavy atom. The van der Waals surface area contributed by atoms with Gasteiger partial charge in [0.1, 0.15) is 23.4 Å². The minimum atomic E-state index is -0.234. The summed E-state index contributed by atoms with van der Waals surface area (Å²) in [6.07, 6.45) is 1.98. The molecule has 40 heavy (non-hydrogen) atoms. The lowest BCUT2D eigenvalue weighted by molar-refractivity contribution is -0.141. The number of ether oxygens (including phenoxy) is 5. The van der Waals surface area contributed by atoms with E-state index in [0.717, 1.165) is 71.1 Å². The molecule has 3 aromatic carbocycles. The minimum Gasteiger partial charge on any atom is -0.493 e. The lowest BCUT2D eigenvalue weighted by Crippen LogP contribution is -2.44. The van der Waals surface area contributed by atoms with Crippen LogP contribution in [0.3, 0.4) is 0 Å². The van der Waals surface area contributed by atoms with Crippen LogP contribution in [-0.2, 0) is 20.7 Å². The molecule has 2 atom stereocenters. The second-order valence-electron chi connectivity index (χ2n) is 11.7. The zero-order chi connectivity index (χ0) is 28.0. The minimum absolute atomic E-state index is 0.00338. The van der Waals surface area contributed by atoms with Crippen LogP contribution in [0, 0.1) is 19.3 Å². The van der Waals surface area contributed by atoms with Crippen LogP contribution in [0.2, 0.25) is 5.02 Å². The van der Waals surface area contributed by atoms with Crippen molar-refractivity contribution in [1.82, 2.24) is 0 Å². The number of halogens is 1. The van der Waals surface area contributed by atoms with Gasteiger partial charge in [0.05, 0.1) is 40.0 Å². The van der Waals surface area contributed by atoms with E-state index in [1.807, 2.05) is 24.3 Å². The predicted octanol–water partition coefficient (Wildman–Crippen LogP) is 7.14. The van der Waals surface area contributed by atoms with E-state index in [9.17, 15) is 4.79 Å². The van der Waals surface area contributed by atoms with Gasteiger partial charge in [0, 0.05) is 28.0 Å². The Hall–Kier alpha value is -3.22. The zero-order valence-corrected chi connectivity index (χ0v) is 24.2. The molecule has 1 aliphatic carbocycles. The van der Waals surface area contributed by atoms with Gasteiger partial charge in [0.25, 0.3) is 0 Å². The Kier molecular flexibility index (Phi) is 7.18. The maximum absolute atomic E-state index is 11.8. The fourth-order valence-electron chi connectivity index (χ4n) is 6.17. The predicted molar refractivity (Wildman–Crippen MR) is 154 cm³/mol. The van der Waals surface area contributed by atoms with Crippen molar-refractivity contribution in [3.8, 4) is 28.4 Å². The van der Waals surface area contributed by atoms with E-state index >= 15 is 0 Å². The zero-order valence-electron chi connectivity index (χ0n) is 23.5. The van der Waals surface area contributed by atoms with Gasteiger partial charge >= 0.3 is 5.97 Å². The second kappa shape index (κ2) is 10.6. The van der Waals surface area contributed by atoms with Crippen LogP contribution in [-0.4, -0.2) is 39.5 Å². The quantitative estimate of drug-likeness (QED) is 0.272. The van der Waals surface area contributed by atoms with Crippen molar-refractivity contribution in [1.29, 1.82) is 0 Å². The number of rotatable bonds is 8. The highest BCUT2D eigenvalue weighted by Crippen LogP contribution is 2.45. The molecule has 0 spiro atoms. The van der Waals surface area contributed by atoms with Crippen LogP contribution in [0.5, 0.6) is 17.2 Å². The van der Waals surface area contributed by atoms with Crippen molar-refractivity contribution in [3.63, 3.8) is 0 Å². The summed E-state index contributed by atoms with van der Waals surface area (Å²) in [5.74, 6) is 2.17. The Morgan fingerprint density at radius 1 is 1.05 bits per heavy atom. The fourth-order valence-corrected chi connectivity index (χ4v) is 6.40. The highest BCUT2D eigenvalue weighted by atomic mass is 35.5. The monoisotopic (exact) mass is 562 g/mol. The number of esters is 1. The summed E-state index contributed by atoms with van der Waals surface area (Å²) < 4.78 is 28.8. The number of carbonyl (C=O) groups excluding carboxylic acids is 1. The normalized spacial score (nSPS) is 20.2. The van der Waals surface area contributed by atoms with E-state index in [4.69, 9.17) is 35.3 Å². The molecule has 210 valence electrons. The number of hydrogen-bond donors (Lipinski definition) is 0. The first kappa shape index (κ1) is 27.0. The number of carbonyl (C=O) groups is 1. The molecule has 7 heteroatoms. The summed E-state index contributed by atoms with van der Waals surface area (Å²) in [5, 5.41) is 0.698. The molecule has 1 fully saturated rings. The first-order valence-corrected chi connectivity index (χ1v) is 14.3. The van der Waals surface area contributed by atoms with E-state index in [-0.39, 0.29) is 23.4 Å². The van der Waals surface area contributed by atoms with E-state index in [1.165, 1.54) is 18.2 Å². The van der Waals surface area contributed by atoms with Gasteiger partial charge in [-0.1, -0.05) is 24.6 Å².